The number of halogens is 1. The molecule has 5 heteroatoms. The highest BCUT2D eigenvalue weighted by Crippen LogP contribution is 2.18. The molecule has 2 aromatic heterocycles. The third-order valence-electron chi connectivity index (χ3n) is 2.66. The molecule has 2 aromatic rings. The van der Waals surface area contributed by atoms with Gasteiger partial charge in [-0.1, -0.05) is 0 Å². The van der Waals surface area contributed by atoms with Crippen molar-refractivity contribution in [3.63, 3.8) is 0 Å². The van der Waals surface area contributed by atoms with E-state index in [4.69, 9.17) is 0 Å². The predicted molar refractivity (Wildman–Crippen MR) is 80.4 cm³/mol. The Labute approximate surface area is 122 Å². The maximum Gasteiger partial charge on any atom is 0.157 e. The summed E-state index contributed by atoms with van der Waals surface area (Å²) in [6, 6.07) is 4.06. The van der Waals surface area contributed by atoms with Crippen LogP contribution in [0.15, 0.2) is 29.0 Å². The average molecular weight is 323 g/mol. The Morgan fingerprint density at radius 3 is 2.68 bits per heavy atom. The van der Waals surface area contributed by atoms with E-state index >= 15 is 0 Å². The van der Waals surface area contributed by atoms with E-state index in [1.165, 1.54) is 0 Å². The summed E-state index contributed by atoms with van der Waals surface area (Å²) in [5.74, 6) is 0.869. The van der Waals surface area contributed by atoms with Crippen LogP contribution in [0.5, 0.6) is 0 Å². The molecule has 0 aliphatic rings. The van der Waals surface area contributed by atoms with E-state index in [-0.39, 0.29) is 5.54 Å². The molecular formula is C14H19BrN4. The lowest BCUT2D eigenvalue weighted by molar-refractivity contribution is 0.423. The van der Waals surface area contributed by atoms with E-state index in [1.54, 1.807) is 6.20 Å². The quantitative estimate of drug-likeness (QED) is 0.943. The maximum atomic E-state index is 4.48. The van der Waals surface area contributed by atoms with Gasteiger partial charge in [0.1, 0.15) is 0 Å². The van der Waals surface area contributed by atoms with Gasteiger partial charge in [-0.25, -0.2) is 9.67 Å². The largest absolute Gasteiger partial charge is 0.308 e. The van der Waals surface area contributed by atoms with Gasteiger partial charge >= 0.3 is 0 Å². The molecule has 102 valence electrons. The molecule has 0 amide bonds. The topological polar surface area (TPSA) is 42.7 Å². The summed E-state index contributed by atoms with van der Waals surface area (Å²) in [7, 11) is 0. The smallest absolute Gasteiger partial charge is 0.157 e. The van der Waals surface area contributed by atoms with Crippen LogP contribution < -0.4 is 5.32 Å². The van der Waals surface area contributed by atoms with Gasteiger partial charge in [0.05, 0.1) is 5.69 Å². The van der Waals surface area contributed by atoms with Gasteiger partial charge in [0.2, 0.25) is 0 Å². The predicted octanol–water partition coefficient (Wildman–Crippen LogP) is 3.23. The number of hydrogen-bond acceptors (Lipinski definition) is 3. The lowest BCUT2D eigenvalue weighted by atomic mass is 10.1. The molecule has 2 rings (SSSR count). The van der Waals surface area contributed by atoms with E-state index in [9.17, 15) is 0 Å². The van der Waals surface area contributed by atoms with Crippen LogP contribution in [0.2, 0.25) is 0 Å². The highest BCUT2D eigenvalue weighted by Gasteiger charge is 2.13. The van der Waals surface area contributed by atoms with E-state index in [2.05, 4.69) is 58.2 Å². The fourth-order valence-electron chi connectivity index (χ4n) is 1.70. The summed E-state index contributed by atoms with van der Waals surface area (Å²) in [6.45, 7) is 9.18. The van der Waals surface area contributed by atoms with Crippen LogP contribution in [0, 0.1) is 6.92 Å². The Morgan fingerprint density at radius 2 is 2.11 bits per heavy atom. The van der Waals surface area contributed by atoms with E-state index in [0.717, 1.165) is 28.1 Å². The number of rotatable bonds is 3. The number of hydrogen-bond donors (Lipinski definition) is 1. The number of aryl methyl sites for hydroxylation is 1. The molecule has 1 N–H and O–H groups in total. The minimum Gasteiger partial charge on any atom is -0.308 e. The summed E-state index contributed by atoms with van der Waals surface area (Å²) in [5.41, 5.74) is 2.17. The minimum atomic E-state index is 0.0691. The van der Waals surface area contributed by atoms with E-state index in [1.807, 2.05) is 23.9 Å². The number of nitrogens with zero attached hydrogens (tertiary/aromatic N) is 3. The lowest BCUT2D eigenvalue weighted by Gasteiger charge is -2.21. The fourth-order valence-corrected chi connectivity index (χ4v) is 2.08. The minimum absolute atomic E-state index is 0.0691. The molecule has 0 aromatic carbocycles. The van der Waals surface area contributed by atoms with Crippen LogP contribution in [0.25, 0.3) is 5.82 Å². The summed E-state index contributed by atoms with van der Waals surface area (Å²) in [5, 5.41) is 7.91. The van der Waals surface area contributed by atoms with Crippen LogP contribution in [0.1, 0.15) is 32.0 Å². The molecule has 0 saturated carbocycles. The Bertz CT molecular complexity index is 569. The molecule has 0 atom stereocenters. The van der Waals surface area contributed by atoms with Gasteiger partial charge in [-0.2, -0.15) is 5.10 Å². The average Bonchev–Trinajstić information content (AvgIpc) is 2.72. The molecule has 0 spiro atoms. The molecule has 19 heavy (non-hydrogen) atoms. The molecule has 0 aliphatic heterocycles. The van der Waals surface area contributed by atoms with Crippen LogP contribution in [-0.4, -0.2) is 20.3 Å². The van der Waals surface area contributed by atoms with Gasteiger partial charge in [0.25, 0.3) is 0 Å². The molecular weight excluding hydrogens is 304 g/mol. The maximum absolute atomic E-state index is 4.48. The first kappa shape index (κ1) is 14.2. The van der Waals surface area contributed by atoms with Crippen molar-refractivity contribution in [2.24, 2.45) is 0 Å². The van der Waals surface area contributed by atoms with Crippen LogP contribution in [0.3, 0.4) is 0 Å². The molecule has 0 saturated heterocycles. The van der Waals surface area contributed by atoms with Gasteiger partial charge in [-0.15, -0.1) is 0 Å². The second-order valence-corrected chi connectivity index (χ2v) is 6.56. The van der Waals surface area contributed by atoms with Gasteiger partial charge in [-0.05, 0) is 55.8 Å². The zero-order chi connectivity index (χ0) is 14.0. The van der Waals surface area contributed by atoms with Crippen molar-refractivity contribution in [1.82, 2.24) is 20.1 Å². The number of pyridine rings is 1. The molecule has 0 fully saturated rings. The highest BCUT2D eigenvalue weighted by molar-refractivity contribution is 9.10. The van der Waals surface area contributed by atoms with Crippen LogP contribution >= 0.6 is 15.9 Å². The van der Waals surface area contributed by atoms with Gasteiger partial charge in [0.15, 0.2) is 5.82 Å². The third-order valence-corrected chi connectivity index (χ3v) is 3.09. The monoisotopic (exact) mass is 322 g/mol. The summed E-state index contributed by atoms with van der Waals surface area (Å²) in [6.07, 6.45) is 3.74. The second kappa shape index (κ2) is 5.43. The fraction of sp³-hybridized carbons (Fsp3) is 0.429. The van der Waals surface area contributed by atoms with Crippen molar-refractivity contribution in [2.75, 3.05) is 0 Å². The highest BCUT2D eigenvalue weighted by atomic mass is 79.9. The van der Waals surface area contributed by atoms with E-state index in [0.29, 0.717) is 0 Å². The van der Waals surface area contributed by atoms with Crippen molar-refractivity contribution in [3.8, 4) is 5.82 Å². The standard InChI is InChI=1S/C14H19BrN4/c1-10-5-6-19(18-10)13-11(7-12(15)9-16-13)8-17-14(2,3)4/h5-7,9,17H,8H2,1-4H3. The Balaban J connectivity index is 2.33. The third kappa shape index (κ3) is 3.88. The zero-order valence-electron chi connectivity index (χ0n) is 11.7. The molecule has 0 unspecified atom stereocenters. The first-order chi connectivity index (χ1) is 8.85. The molecule has 0 radical (unpaired) electrons. The molecule has 2 heterocycles. The van der Waals surface area contributed by atoms with Crippen molar-refractivity contribution in [1.29, 1.82) is 0 Å². The lowest BCUT2D eigenvalue weighted by Crippen LogP contribution is -2.35. The van der Waals surface area contributed by atoms with Crippen LogP contribution in [0.4, 0.5) is 0 Å². The SMILES string of the molecule is Cc1ccn(-c2ncc(Br)cc2CNC(C)(C)C)n1. The Morgan fingerprint density at radius 1 is 1.37 bits per heavy atom. The molecule has 4 nitrogen and oxygen atoms in total. The number of nitrogens with one attached hydrogen (secondary N) is 1. The van der Waals surface area contributed by atoms with Gasteiger partial charge < -0.3 is 5.32 Å². The molecule has 0 aliphatic carbocycles. The van der Waals surface area contributed by atoms with Crippen molar-refractivity contribution >= 4 is 15.9 Å². The summed E-state index contributed by atoms with van der Waals surface area (Å²) < 4.78 is 2.80. The Hall–Kier alpha value is -1.20. The van der Waals surface area contributed by atoms with Gasteiger partial charge in [0, 0.05) is 34.5 Å². The Kier molecular flexibility index (Phi) is 4.06. The normalized spacial score (nSPS) is 11.8. The first-order valence-electron chi connectivity index (χ1n) is 6.27. The zero-order valence-corrected chi connectivity index (χ0v) is 13.3. The second-order valence-electron chi connectivity index (χ2n) is 5.64. The van der Waals surface area contributed by atoms with Gasteiger partial charge in [-0.3, -0.25) is 0 Å². The molecule has 0 bridgehead atoms. The van der Waals surface area contributed by atoms with Crippen molar-refractivity contribution in [2.45, 2.75) is 39.8 Å². The number of aromatic nitrogens is 3. The van der Waals surface area contributed by atoms with Crippen molar-refractivity contribution in [3.05, 3.63) is 40.3 Å². The first-order valence-corrected chi connectivity index (χ1v) is 7.06. The van der Waals surface area contributed by atoms with Crippen molar-refractivity contribution < 1.29 is 0 Å². The summed E-state index contributed by atoms with van der Waals surface area (Å²) in [4.78, 5) is 4.48. The van der Waals surface area contributed by atoms with E-state index < -0.39 is 0 Å². The van der Waals surface area contributed by atoms with Crippen LogP contribution in [-0.2, 0) is 6.54 Å². The summed E-state index contributed by atoms with van der Waals surface area (Å²) >= 11 is 3.47.